The molecule has 1 unspecified atom stereocenters. The SMILES string of the molecule is COc1ccc(C(CNC(=O)CSc2ccc([N+](=O)[O-])cc2)N2CCCCC2)cc1. The molecule has 0 aromatic heterocycles. The van der Waals surface area contributed by atoms with E-state index in [1.165, 1.54) is 48.7 Å². The standard InChI is InChI=1S/C22H27N3O4S/c1-29-19-9-5-17(6-10-19)21(24-13-3-2-4-14-24)15-23-22(26)16-30-20-11-7-18(8-12-20)25(27)28/h5-12,21H,2-4,13-16H2,1H3,(H,23,26). The van der Waals surface area contributed by atoms with Crippen LogP contribution in [0.5, 0.6) is 5.75 Å². The fourth-order valence-electron chi connectivity index (χ4n) is 3.59. The van der Waals surface area contributed by atoms with E-state index in [0.717, 1.165) is 23.7 Å². The molecule has 1 saturated heterocycles. The van der Waals surface area contributed by atoms with E-state index < -0.39 is 4.92 Å². The van der Waals surface area contributed by atoms with Crippen molar-refractivity contribution >= 4 is 23.4 Å². The molecular formula is C22H27N3O4S. The van der Waals surface area contributed by atoms with Crippen molar-refractivity contribution in [3.8, 4) is 5.75 Å². The molecule has 1 atom stereocenters. The number of methoxy groups -OCH3 is 1. The van der Waals surface area contributed by atoms with E-state index in [1.807, 2.05) is 12.1 Å². The maximum absolute atomic E-state index is 12.4. The average Bonchev–Trinajstić information content (AvgIpc) is 2.79. The van der Waals surface area contributed by atoms with Gasteiger partial charge >= 0.3 is 0 Å². The van der Waals surface area contributed by atoms with Crippen LogP contribution in [0.25, 0.3) is 0 Å². The maximum Gasteiger partial charge on any atom is 0.269 e. The lowest BCUT2D eigenvalue weighted by Crippen LogP contribution is -2.41. The number of amides is 1. The first-order chi connectivity index (χ1) is 14.6. The molecule has 1 aliphatic rings. The first-order valence-corrected chi connectivity index (χ1v) is 11.1. The lowest BCUT2D eigenvalue weighted by Gasteiger charge is -2.35. The maximum atomic E-state index is 12.4. The van der Waals surface area contributed by atoms with Crippen molar-refractivity contribution in [2.24, 2.45) is 0 Å². The van der Waals surface area contributed by atoms with Crippen LogP contribution in [-0.2, 0) is 4.79 Å². The highest BCUT2D eigenvalue weighted by Crippen LogP contribution is 2.26. The molecule has 3 rings (SSSR count). The normalized spacial score (nSPS) is 15.4. The average molecular weight is 430 g/mol. The first-order valence-electron chi connectivity index (χ1n) is 10.1. The summed E-state index contributed by atoms with van der Waals surface area (Å²) in [7, 11) is 1.65. The Kier molecular flexibility index (Phi) is 8.10. The van der Waals surface area contributed by atoms with Gasteiger partial charge in [0.2, 0.25) is 5.91 Å². The number of carbonyl (C=O) groups excluding carboxylic acids is 1. The van der Waals surface area contributed by atoms with E-state index in [9.17, 15) is 14.9 Å². The number of benzene rings is 2. The van der Waals surface area contributed by atoms with Crippen molar-refractivity contribution in [3.05, 3.63) is 64.2 Å². The molecular weight excluding hydrogens is 402 g/mol. The van der Waals surface area contributed by atoms with Gasteiger partial charge < -0.3 is 10.1 Å². The minimum absolute atomic E-state index is 0.0473. The van der Waals surface area contributed by atoms with Crippen LogP contribution in [0.1, 0.15) is 30.9 Å². The van der Waals surface area contributed by atoms with Gasteiger partial charge in [-0.2, -0.15) is 0 Å². The number of nitrogens with zero attached hydrogens (tertiary/aromatic N) is 2. The summed E-state index contributed by atoms with van der Waals surface area (Å²) < 4.78 is 5.26. The van der Waals surface area contributed by atoms with Gasteiger partial charge in [-0.1, -0.05) is 18.6 Å². The second kappa shape index (κ2) is 11.0. The zero-order valence-corrected chi connectivity index (χ0v) is 17.9. The summed E-state index contributed by atoms with van der Waals surface area (Å²) in [5.74, 6) is 1.04. The van der Waals surface area contributed by atoms with Gasteiger partial charge in [0.25, 0.3) is 5.69 Å². The Labute approximate surface area is 180 Å². The van der Waals surface area contributed by atoms with Crippen LogP contribution in [0.3, 0.4) is 0 Å². The van der Waals surface area contributed by atoms with Gasteiger partial charge in [-0.15, -0.1) is 11.8 Å². The van der Waals surface area contributed by atoms with Gasteiger partial charge in [-0.05, 0) is 55.8 Å². The number of non-ortho nitro benzene ring substituents is 1. The van der Waals surface area contributed by atoms with Crippen molar-refractivity contribution in [3.63, 3.8) is 0 Å². The molecule has 7 nitrogen and oxygen atoms in total. The van der Waals surface area contributed by atoms with E-state index in [0.29, 0.717) is 6.54 Å². The highest BCUT2D eigenvalue weighted by molar-refractivity contribution is 8.00. The minimum Gasteiger partial charge on any atom is -0.497 e. The molecule has 0 saturated carbocycles. The molecule has 2 aromatic rings. The molecule has 1 N–H and O–H groups in total. The molecule has 160 valence electrons. The van der Waals surface area contributed by atoms with Crippen LogP contribution in [0, 0.1) is 10.1 Å². The number of thioether (sulfide) groups is 1. The second-order valence-corrected chi connectivity index (χ2v) is 8.28. The Morgan fingerprint density at radius 3 is 2.40 bits per heavy atom. The lowest BCUT2D eigenvalue weighted by atomic mass is 10.0. The Morgan fingerprint density at radius 1 is 1.13 bits per heavy atom. The number of nitro groups is 1. The van der Waals surface area contributed by atoms with E-state index in [4.69, 9.17) is 4.74 Å². The monoisotopic (exact) mass is 429 g/mol. The van der Waals surface area contributed by atoms with Gasteiger partial charge in [0, 0.05) is 23.6 Å². The summed E-state index contributed by atoms with van der Waals surface area (Å²) in [6.45, 7) is 2.61. The molecule has 1 heterocycles. The Balaban J connectivity index is 1.57. The zero-order chi connectivity index (χ0) is 21.3. The minimum atomic E-state index is -0.430. The van der Waals surface area contributed by atoms with Crippen LogP contribution in [0.4, 0.5) is 5.69 Å². The van der Waals surface area contributed by atoms with Gasteiger partial charge in [-0.3, -0.25) is 19.8 Å². The molecule has 8 heteroatoms. The smallest absolute Gasteiger partial charge is 0.269 e. The van der Waals surface area contributed by atoms with Crippen molar-refractivity contribution in [1.82, 2.24) is 10.2 Å². The molecule has 1 amide bonds. The summed E-state index contributed by atoms with van der Waals surface area (Å²) in [6, 6.07) is 14.4. The third-order valence-corrected chi connectivity index (χ3v) is 6.25. The number of nitrogens with one attached hydrogen (secondary N) is 1. The second-order valence-electron chi connectivity index (χ2n) is 7.23. The van der Waals surface area contributed by atoms with Crippen molar-refractivity contribution in [2.45, 2.75) is 30.2 Å². The lowest BCUT2D eigenvalue weighted by molar-refractivity contribution is -0.384. The van der Waals surface area contributed by atoms with Crippen LogP contribution in [-0.4, -0.2) is 48.2 Å². The zero-order valence-electron chi connectivity index (χ0n) is 17.1. The molecule has 0 spiro atoms. The van der Waals surface area contributed by atoms with Gasteiger partial charge in [0.05, 0.1) is 23.8 Å². The number of rotatable bonds is 9. The summed E-state index contributed by atoms with van der Waals surface area (Å²) in [5, 5.41) is 13.8. The highest BCUT2D eigenvalue weighted by Gasteiger charge is 2.23. The number of hydrogen-bond donors (Lipinski definition) is 1. The van der Waals surface area contributed by atoms with Gasteiger partial charge in [-0.25, -0.2) is 0 Å². The Bertz CT molecular complexity index is 836. The summed E-state index contributed by atoms with van der Waals surface area (Å²) in [4.78, 5) is 26.0. The van der Waals surface area contributed by atoms with E-state index in [2.05, 4.69) is 22.3 Å². The molecule has 1 fully saturated rings. The van der Waals surface area contributed by atoms with E-state index in [1.54, 1.807) is 19.2 Å². The Morgan fingerprint density at radius 2 is 1.80 bits per heavy atom. The summed E-state index contributed by atoms with van der Waals surface area (Å²) >= 11 is 1.37. The van der Waals surface area contributed by atoms with Crippen LogP contribution < -0.4 is 10.1 Å². The first kappa shape index (κ1) is 22.1. The third-order valence-electron chi connectivity index (χ3n) is 5.24. The Hall–Kier alpha value is -2.58. The quantitative estimate of drug-likeness (QED) is 0.368. The molecule has 0 bridgehead atoms. The predicted molar refractivity (Wildman–Crippen MR) is 118 cm³/mol. The van der Waals surface area contributed by atoms with Crippen molar-refractivity contribution in [2.75, 3.05) is 32.5 Å². The van der Waals surface area contributed by atoms with Crippen molar-refractivity contribution in [1.29, 1.82) is 0 Å². The summed E-state index contributed by atoms with van der Waals surface area (Å²) in [5.41, 5.74) is 1.22. The molecule has 0 aliphatic carbocycles. The van der Waals surface area contributed by atoms with E-state index in [-0.39, 0.29) is 23.4 Å². The van der Waals surface area contributed by atoms with Crippen molar-refractivity contribution < 1.29 is 14.5 Å². The fraction of sp³-hybridized carbons (Fsp3) is 0.409. The van der Waals surface area contributed by atoms with Crippen LogP contribution in [0.15, 0.2) is 53.4 Å². The number of hydrogen-bond acceptors (Lipinski definition) is 6. The van der Waals surface area contributed by atoms with Gasteiger partial charge in [0.15, 0.2) is 0 Å². The number of piperidine rings is 1. The largest absolute Gasteiger partial charge is 0.497 e. The predicted octanol–water partition coefficient (Wildman–Crippen LogP) is 4.04. The number of nitro benzene ring substituents is 1. The fourth-order valence-corrected chi connectivity index (χ4v) is 4.32. The number of likely N-dealkylation sites (tertiary alicyclic amines) is 1. The molecule has 0 radical (unpaired) electrons. The van der Waals surface area contributed by atoms with Gasteiger partial charge in [0.1, 0.15) is 5.75 Å². The third kappa shape index (κ3) is 6.21. The number of carbonyl (C=O) groups is 1. The molecule has 30 heavy (non-hydrogen) atoms. The molecule has 1 aliphatic heterocycles. The highest BCUT2D eigenvalue weighted by atomic mass is 32.2. The van der Waals surface area contributed by atoms with E-state index >= 15 is 0 Å². The summed E-state index contributed by atoms with van der Waals surface area (Å²) in [6.07, 6.45) is 3.61. The van der Waals surface area contributed by atoms with Crippen LogP contribution >= 0.6 is 11.8 Å². The number of ether oxygens (including phenoxy) is 1. The van der Waals surface area contributed by atoms with Crippen LogP contribution in [0.2, 0.25) is 0 Å². The topological polar surface area (TPSA) is 84.7 Å². The molecule has 2 aromatic carbocycles.